The van der Waals surface area contributed by atoms with E-state index in [0.29, 0.717) is 26.1 Å². The van der Waals surface area contributed by atoms with Crippen LogP contribution in [0, 0.1) is 12.3 Å². The van der Waals surface area contributed by atoms with Gasteiger partial charge in [0.05, 0.1) is 17.7 Å². The summed E-state index contributed by atoms with van der Waals surface area (Å²) in [7, 11) is 0. The molecule has 5 nitrogen and oxygen atoms in total. The molecule has 0 amide bonds. The summed E-state index contributed by atoms with van der Waals surface area (Å²) in [5.41, 5.74) is 4.97. The normalized spacial score (nSPS) is 19.5. The molecule has 1 N–H and O–H groups in total. The van der Waals surface area contributed by atoms with E-state index in [9.17, 15) is 9.90 Å². The van der Waals surface area contributed by atoms with Crippen LogP contribution in [0.5, 0.6) is 0 Å². The molecule has 150 valence electrons. The molecule has 5 heteroatoms. The van der Waals surface area contributed by atoms with Gasteiger partial charge in [-0.1, -0.05) is 60.2 Å². The standard InChI is InChI=1S/C24H27N3O2/c1-18-8-10-20(11-9-18)22-21(15-26-13-12-24(2,17-26)23(28)29)16-27(25-22)14-19-6-4-3-5-7-19/h3-11,16H,12-15,17H2,1-2H3,(H,28,29). The Bertz CT molecular complexity index is 995. The lowest BCUT2D eigenvalue weighted by atomic mass is 9.90. The topological polar surface area (TPSA) is 58.4 Å². The quantitative estimate of drug-likeness (QED) is 0.686. The monoisotopic (exact) mass is 389 g/mol. The molecule has 1 aromatic heterocycles. The molecule has 0 bridgehead atoms. The van der Waals surface area contributed by atoms with E-state index in [1.165, 1.54) is 11.1 Å². The average Bonchev–Trinajstić information content (AvgIpc) is 3.28. The van der Waals surface area contributed by atoms with Crippen molar-refractivity contribution in [3.8, 4) is 11.3 Å². The van der Waals surface area contributed by atoms with E-state index in [2.05, 4.69) is 54.4 Å². The van der Waals surface area contributed by atoms with Gasteiger partial charge < -0.3 is 5.11 Å². The maximum Gasteiger partial charge on any atom is 0.310 e. The highest BCUT2D eigenvalue weighted by atomic mass is 16.4. The highest BCUT2D eigenvalue weighted by Crippen LogP contribution is 2.32. The zero-order valence-corrected chi connectivity index (χ0v) is 17.0. The van der Waals surface area contributed by atoms with Crippen LogP contribution in [0.2, 0.25) is 0 Å². The maximum absolute atomic E-state index is 11.6. The summed E-state index contributed by atoms with van der Waals surface area (Å²) >= 11 is 0. The third-order valence-electron chi connectivity index (χ3n) is 5.81. The van der Waals surface area contributed by atoms with Gasteiger partial charge in [0.15, 0.2) is 0 Å². The summed E-state index contributed by atoms with van der Waals surface area (Å²) in [6.07, 6.45) is 2.79. The Labute approximate surface area is 171 Å². The molecule has 1 aliphatic rings. The van der Waals surface area contributed by atoms with Gasteiger partial charge in [-0.2, -0.15) is 5.10 Å². The minimum Gasteiger partial charge on any atom is -0.481 e. The Morgan fingerprint density at radius 2 is 1.83 bits per heavy atom. The molecular weight excluding hydrogens is 362 g/mol. The Morgan fingerprint density at radius 3 is 2.48 bits per heavy atom. The zero-order chi connectivity index (χ0) is 20.4. The van der Waals surface area contributed by atoms with Gasteiger partial charge in [-0.3, -0.25) is 14.4 Å². The lowest BCUT2D eigenvalue weighted by Gasteiger charge is -2.20. The Morgan fingerprint density at radius 1 is 1.10 bits per heavy atom. The molecule has 1 aliphatic heterocycles. The van der Waals surface area contributed by atoms with E-state index >= 15 is 0 Å². The van der Waals surface area contributed by atoms with E-state index in [4.69, 9.17) is 5.10 Å². The van der Waals surface area contributed by atoms with Crippen molar-refractivity contribution in [2.24, 2.45) is 5.41 Å². The third-order valence-corrected chi connectivity index (χ3v) is 5.81. The zero-order valence-electron chi connectivity index (χ0n) is 17.0. The molecule has 2 aromatic carbocycles. The number of rotatable bonds is 6. The van der Waals surface area contributed by atoms with Crippen molar-refractivity contribution in [2.75, 3.05) is 13.1 Å². The van der Waals surface area contributed by atoms with Gasteiger partial charge in [0.25, 0.3) is 0 Å². The van der Waals surface area contributed by atoms with Gasteiger partial charge in [0.1, 0.15) is 0 Å². The number of benzene rings is 2. The SMILES string of the molecule is Cc1ccc(-c2nn(Cc3ccccc3)cc2CN2CCC(C)(C(=O)O)C2)cc1. The second kappa shape index (κ2) is 7.84. The fraction of sp³-hybridized carbons (Fsp3) is 0.333. The first-order valence-electron chi connectivity index (χ1n) is 10.1. The first-order chi connectivity index (χ1) is 13.9. The van der Waals surface area contributed by atoms with Crippen molar-refractivity contribution in [3.05, 3.63) is 77.5 Å². The minimum atomic E-state index is -0.710. The number of nitrogens with zero attached hydrogens (tertiary/aromatic N) is 3. The second-order valence-corrected chi connectivity index (χ2v) is 8.38. The van der Waals surface area contributed by atoms with Crippen molar-refractivity contribution in [1.82, 2.24) is 14.7 Å². The molecule has 0 radical (unpaired) electrons. The number of aliphatic carboxylic acids is 1. The van der Waals surface area contributed by atoms with Crippen LogP contribution in [-0.2, 0) is 17.9 Å². The van der Waals surface area contributed by atoms with E-state index in [1.807, 2.05) is 29.8 Å². The van der Waals surface area contributed by atoms with Gasteiger partial charge in [-0.15, -0.1) is 0 Å². The summed E-state index contributed by atoms with van der Waals surface area (Å²) in [5, 5.41) is 14.4. The number of carboxylic acid groups (broad SMARTS) is 1. The summed E-state index contributed by atoms with van der Waals surface area (Å²) in [4.78, 5) is 13.8. The molecule has 3 aromatic rings. The minimum absolute atomic E-state index is 0.569. The molecule has 1 unspecified atom stereocenters. The number of carboxylic acids is 1. The summed E-state index contributed by atoms with van der Waals surface area (Å²) < 4.78 is 1.99. The Kier molecular flexibility index (Phi) is 5.24. The van der Waals surface area contributed by atoms with E-state index in [1.54, 1.807) is 0 Å². The van der Waals surface area contributed by atoms with E-state index in [-0.39, 0.29) is 0 Å². The number of hydrogen-bond acceptors (Lipinski definition) is 3. The number of likely N-dealkylation sites (tertiary alicyclic amines) is 1. The summed E-state index contributed by atoms with van der Waals surface area (Å²) in [5.74, 6) is -0.710. The van der Waals surface area contributed by atoms with Crippen molar-refractivity contribution in [2.45, 2.75) is 33.4 Å². The smallest absolute Gasteiger partial charge is 0.310 e. The van der Waals surface area contributed by atoms with E-state index in [0.717, 1.165) is 23.4 Å². The lowest BCUT2D eigenvalue weighted by molar-refractivity contribution is -0.147. The molecule has 2 heterocycles. The molecule has 0 spiro atoms. The number of aromatic nitrogens is 2. The van der Waals surface area contributed by atoms with Crippen molar-refractivity contribution in [1.29, 1.82) is 0 Å². The molecule has 1 fully saturated rings. The van der Waals surface area contributed by atoms with Crippen molar-refractivity contribution < 1.29 is 9.90 Å². The Balaban J connectivity index is 1.62. The average molecular weight is 389 g/mol. The predicted molar refractivity (Wildman–Crippen MR) is 114 cm³/mol. The molecule has 1 atom stereocenters. The summed E-state index contributed by atoms with van der Waals surface area (Å²) in [6, 6.07) is 18.7. The van der Waals surface area contributed by atoms with Crippen LogP contribution in [0.15, 0.2) is 60.8 Å². The van der Waals surface area contributed by atoms with Gasteiger partial charge >= 0.3 is 5.97 Å². The number of aryl methyl sites for hydroxylation is 1. The molecule has 29 heavy (non-hydrogen) atoms. The first kappa shape index (κ1) is 19.4. The van der Waals surface area contributed by atoms with Crippen LogP contribution in [0.1, 0.15) is 30.0 Å². The fourth-order valence-electron chi connectivity index (χ4n) is 3.99. The van der Waals surface area contributed by atoms with Crippen LogP contribution in [0.25, 0.3) is 11.3 Å². The largest absolute Gasteiger partial charge is 0.481 e. The van der Waals surface area contributed by atoms with E-state index < -0.39 is 11.4 Å². The van der Waals surface area contributed by atoms with Crippen LogP contribution in [-0.4, -0.2) is 38.8 Å². The summed E-state index contributed by atoms with van der Waals surface area (Å²) in [6.45, 7) is 6.71. The second-order valence-electron chi connectivity index (χ2n) is 8.38. The molecule has 0 aliphatic carbocycles. The maximum atomic E-state index is 11.6. The number of hydrogen-bond donors (Lipinski definition) is 1. The van der Waals surface area contributed by atoms with Crippen LogP contribution < -0.4 is 0 Å². The molecule has 1 saturated heterocycles. The highest BCUT2D eigenvalue weighted by Gasteiger charge is 2.40. The van der Waals surface area contributed by atoms with Gasteiger partial charge in [-0.05, 0) is 32.4 Å². The van der Waals surface area contributed by atoms with Crippen molar-refractivity contribution >= 4 is 5.97 Å². The highest BCUT2D eigenvalue weighted by molar-refractivity contribution is 5.75. The first-order valence-corrected chi connectivity index (χ1v) is 10.1. The third kappa shape index (κ3) is 4.25. The lowest BCUT2D eigenvalue weighted by Crippen LogP contribution is -2.31. The van der Waals surface area contributed by atoms with Gasteiger partial charge in [-0.25, -0.2) is 0 Å². The Hall–Kier alpha value is -2.92. The predicted octanol–water partition coefficient (Wildman–Crippen LogP) is 4.20. The fourth-order valence-corrected chi connectivity index (χ4v) is 3.99. The van der Waals surface area contributed by atoms with Crippen LogP contribution >= 0.6 is 0 Å². The van der Waals surface area contributed by atoms with Crippen molar-refractivity contribution in [3.63, 3.8) is 0 Å². The van der Waals surface area contributed by atoms with Crippen LogP contribution in [0.3, 0.4) is 0 Å². The molecule has 0 saturated carbocycles. The number of carbonyl (C=O) groups is 1. The molecular formula is C24H27N3O2. The van der Waals surface area contributed by atoms with Gasteiger partial charge in [0, 0.05) is 30.4 Å². The van der Waals surface area contributed by atoms with Crippen LogP contribution in [0.4, 0.5) is 0 Å². The molecule has 4 rings (SSSR count). The van der Waals surface area contributed by atoms with Gasteiger partial charge in [0.2, 0.25) is 0 Å².